The van der Waals surface area contributed by atoms with Gasteiger partial charge in [0, 0.05) is 12.7 Å². The summed E-state index contributed by atoms with van der Waals surface area (Å²) in [5.74, 6) is 0.447. The van der Waals surface area contributed by atoms with E-state index in [1.807, 2.05) is 0 Å². The van der Waals surface area contributed by atoms with Gasteiger partial charge in [0.2, 0.25) is 0 Å². The van der Waals surface area contributed by atoms with Crippen LogP contribution in [-0.2, 0) is 19.0 Å². The molecule has 1 aliphatic rings. The SMILES string of the molecule is CNc1cc(C(F)(F)F)cc(-n2cnc3c2CCCC3)n1. The van der Waals surface area contributed by atoms with E-state index in [9.17, 15) is 13.2 Å². The fraction of sp³-hybridized carbons (Fsp3) is 0.429. The number of aromatic nitrogens is 3. The monoisotopic (exact) mass is 296 g/mol. The van der Waals surface area contributed by atoms with Crippen LogP contribution in [0.2, 0.25) is 0 Å². The minimum Gasteiger partial charge on any atom is -0.373 e. The van der Waals surface area contributed by atoms with E-state index < -0.39 is 11.7 Å². The van der Waals surface area contributed by atoms with E-state index in [0.29, 0.717) is 0 Å². The molecule has 4 nitrogen and oxygen atoms in total. The number of halogens is 3. The second kappa shape index (κ2) is 5.05. The fourth-order valence-corrected chi connectivity index (χ4v) is 2.60. The Morgan fingerprint density at radius 1 is 1.19 bits per heavy atom. The van der Waals surface area contributed by atoms with Gasteiger partial charge in [0.15, 0.2) is 0 Å². The summed E-state index contributed by atoms with van der Waals surface area (Å²) in [7, 11) is 1.55. The van der Waals surface area contributed by atoms with E-state index in [0.717, 1.165) is 49.2 Å². The zero-order chi connectivity index (χ0) is 15.0. The Kier molecular flexibility index (Phi) is 3.35. The normalized spacial score (nSPS) is 14.9. The van der Waals surface area contributed by atoms with Crippen molar-refractivity contribution in [2.24, 2.45) is 0 Å². The Hall–Kier alpha value is -2.05. The molecule has 1 N–H and O–H groups in total. The summed E-state index contributed by atoms with van der Waals surface area (Å²) in [6.07, 6.45) is 0.961. The van der Waals surface area contributed by atoms with Crippen molar-refractivity contribution in [2.45, 2.75) is 31.9 Å². The molecule has 0 amide bonds. The maximum absolute atomic E-state index is 13.0. The van der Waals surface area contributed by atoms with Crippen LogP contribution in [0.25, 0.3) is 5.82 Å². The smallest absolute Gasteiger partial charge is 0.373 e. The molecule has 0 atom stereocenters. The van der Waals surface area contributed by atoms with Crippen molar-refractivity contribution in [1.82, 2.24) is 14.5 Å². The minimum absolute atomic E-state index is 0.193. The van der Waals surface area contributed by atoms with Crippen molar-refractivity contribution in [3.8, 4) is 5.82 Å². The van der Waals surface area contributed by atoms with Crippen LogP contribution in [-0.4, -0.2) is 21.6 Å². The van der Waals surface area contributed by atoms with Crippen molar-refractivity contribution in [3.63, 3.8) is 0 Å². The molecule has 2 heterocycles. The Labute approximate surface area is 120 Å². The molecule has 0 spiro atoms. The van der Waals surface area contributed by atoms with Crippen LogP contribution in [0.4, 0.5) is 19.0 Å². The van der Waals surface area contributed by atoms with Gasteiger partial charge in [-0.05, 0) is 37.8 Å². The third kappa shape index (κ3) is 2.59. The third-order valence-corrected chi connectivity index (χ3v) is 3.67. The number of pyridine rings is 1. The van der Waals surface area contributed by atoms with Crippen LogP contribution in [0.3, 0.4) is 0 Å². The van der Waals surface area contributed by atoms with Gasteiger partial charge < -0.3 is 5.32 Å². The summed E-state index contributed by atoms with van der Waals surface area (Å²) in [5, 5.41) is 2.68. The maximum Gasteiger partial charge on any atom is 0.416 e. The Morgan fingerprint density at radius 3 is 2.67 bits per heavy atom. The van der Waals surface area contributed by atoms with Gasteiger partial charge in [-0.1, -0.05) is 0 Å². The lowest BCUT2D eigenvalue weighted by atomic mass is 10.0. The van der Waals surface area contributed by atoms with Crippen LogP contribution in [0.15, 0.2) is 18.5 Å². The molecule has 112 valence electrons. The van der Waals surface area contributed by atoms with Crippen molar-refractivity contribution in [2.75, 3.05) is 12.4 Å². The van der Waals surface area contributed by atoms with Gasteiger partial charge in [-0.2, -0.15) is 13.2 Å². The van der Waals surface area contributed by atoms with E-state index >= 15 is 0 Å². The first-order chi connectivity index (χ1) is 9.99. The van der Waals surface area contributed by atoms with E-state index in [1.165, 1.54) is 0 Å². The lowest BCUT2D eigenvalue weighted by Crippen LogP contribution is -2.12. The molecule has 7 heteroatoms. The van der Waals surface area contributed by atoms with Gasteiger partial charge in [0.05, 0.1) is 11.3 Å². The number of alkyl halides is 3. The highest BCUT2D eigenvalue weighted by Crippen LogP contribution is 2.32. The number of nitrogens with zero attached hydrogens (tertiary/aromatic N) is 3. The Balaban J connectivity index is 2.12. The molecule has 0 saturated carbocycles. The molecule has 0 radical (unpaired) electrons. The van der Waals surface area contributed by atoms with Crippen LogP contribution in [0.5, 0.6) is 0 Å². The molecule has 0 unspecified atom stereocenters. The van der Waals surface area contributed by atoms with Gasteiger partial charge in [0.25, 0.3) is 0 Å². The van der Waals surface area contributed by atoms with E-state index in [-0.39, 0.29) is 11.6 Å². The zero-order valence-corrected chi connectivity index (χ0v) is 11.5. The number of nitrogens with one attached hydrogen (secondary N) is 1. The van der Waals surface area contributed by atoms with Crippen molar-refractivity contribution >= 4 is 5.82 Å². The standard InChI is InChI=1S/C14H15F3N4/c1-18-12-6-9(14(15,16)17)7-13(20-12)21-8-19-10-4-2-3-5-11(10)21/h6-8H,2-5H2,1H3,(H,18,20). The second-order valence-corrected chi connectivity index (χ2v) is 5.06. The molecule has 3 rings (SSSR count). The fourth-order valence-electron chi connectivity index (χ4n) is 2.60. The zero-order valence-electron chi connectivity index (χ0n) is 11.5. The topological polar surface area (TPSA) is 42.7 Å². The molecule has 2 aromatic rings. The first-order valence-electron chi connectivity index (χ1n) is 6.81. The average Bonchev–Trinajstić information content (AvgIpc) is 2.89. The number of hydrogen-bond donors (Lipinski definition) is 1. The van der Waals surface area contributed by atoms with Gasteiger partial charge in [-0.25, -0.2) is 9.97 Å². The molecular weight excluding hydrogens is 281 g/mol. The first-order valence-corrected chi connectivity index (χ1v) is 6.81. The highest BCUT2D eigenvalue weighted by molar-refractivity contribution is 5.45. The van der Waals surface area contributed by atoms with Crippen LogP contribution in [0, 0.1) is 0 Å². The van der Waals surface area contributed by atoms with Crippen molar-refractivity contribution in [3.05, 3.63) is 35.4 Å². The lowest BCUT2D eigenvalue weighted by molar-refractivity contribution is -0.137. The largest absolute Gasteiger partial charge is 0.416 e. The predicted octanol–water partition coefficient (Wildman–Crippen LogP) is 3.21. The summed E-state index contributed by atoms with van der Waals surface area (Å²) >= 11 is 0. The van der Waals surface area contributed by atoms with Crippen molar-refractivity contribution in [1.29, 1.82) is 0 Å². The molecule has 21 heavy (non-hydrogen) atoms. The summed E-state index contributed by atoms with van der Waals surface area (Å²) in [6.45, 7) is 0. The number of imidazole rings is 1. The van der Waals surface area contributed by atoms with E-state index in [1.54, 1.807) is 17.9 Å². The molecule has 0 aliphatic heterocycles. The van der Waals surface area contributed by atoms with Crippen molar-refractivity contribution < 1.29 is 13.2 Å². The first kappa shape index (κ1) is 13.9. The van der Waals surface area contributed by atoms with Crippen LogP contribution >= 0.6 is 0 Å². The summed E-state index contributed by atoms with van der Waals surface area (Å²) in [4.78, 5) is 8.53. The minimum atomic E-state index is -4.40. The summed E-state index contributed by atoms with van der Waals surface area (Å²) in [6, 6.07) is 2.07. The molecule has 2 aromatic heterocycles. The van der Waals surface area contributed by atoms with E-state index in [4.69, 9.17) is 0 Å². The van der Waals surface area contributed by atoms with Gasteiger partial charge in [0.1, 0.15) is 18.0 Å². The summed E-state index contributed by atoms with van der Waals surface area (Å²) < 4.78 is 40.6. The predicted molar refractivity (Wildman–Crippen MR) is 72.5 cm³/mol. The Morgan fingerprint density at radius 2 is 1.95 bits per heavy atom. The number of rotatable bonds is 2. The number of hydrogen-bond acceptors (Lipinski definition) is 3. The molecule has 0 bridgehead atoms. The Bertz CT molecular complexity index is 661. The molecule has 1 aliphatic carbocycles. The van der Waals surface area contributed by atoms with Gasteiger partial charge >= 0.3 is 6.18 Å². The molecule has 0 saturated heterocycles. The average molecular weight is 296 g/mol. The quantitative estimate of drug-likeness (QED) is 0.925. The second-order valence-electron chi connectivity index (χ2n) is 5.06. The maximum atomic E-state index is 13.0. The van der Waals surface area contributed by atoms with Gasteiger partial charge in [-0.3, -0.25) is 4.57 Å². The molecular formula is C14H15F3N4. The highest BCUT2D eigenvalue weighted by atomic mass is 19.4. The third-order valence-electron chi connectivity index (χ3n) is 3.67. The van der Waals surface area contributed by atoms with Crippen LogP contribution in [0.1, 0.15) is 29.8 Å². The summed E-state index contributed by atoms with van der Waals surface area (Å²) in [5.41, 5.74) is 1.22. The highest BCUT2D eigenvalue weighted by Gasteiger charge is 2.32. The lowest BCUT2D eigenvalue weighted by Gasteiger charge is -2.16. The number of anilines is 1. The van der Waals surface area contributed by atoms with E-state index in [2.05, 4.69) is 15.3 Å². The number of fused-ring (bicyclic) bond motifs is 1. The van der Waals surface area contributed by atoms with Crippen LogP contribution < -0.4 is 5.32 Å². The number of aryl methyl sites for hydroxylation is 1. The molecule has 0 aromatic carbocycles. The van der Waals surface area contributed by atoms with Gasteiger partial charge in [-0.15, -0.1) is 0 Å². The molecule has 0 fully saturated rings.